The largest absolute Gasteiger partial charge is 2.00 e. The summed E-state index contributed by atoms with van der Waals surface area (Å²) < 4.78 is 0. The van der Waals surface area contributed by atoms with Gasteiger partial charge in [0.05, 0.1) is 5.56 Å². The van der Waals surface area contributed by atoms with Crippen LogP contribution < -0.4 is 0 Å². The topological polar surface area (TPSA) is 37.3 Å². The third kappa shape index (κ3) is 2.69. The van der Waals surface area contributed by atoms with Crippen molar-refractivity contribution >= 4 is 43.7 Å². The van der Waals surface area contributed by atoms with E-state index in [9.17, 15) is 4.79 Å². The van der Waals surface area contributed by atoms with Crippen LogP contribution in [0.3, 0.4) is 0 Å². The van der Waals surface area contributed by atoms with E-state index in [0.29, 0.717) is 5.56 Å². The Kier molecular flexibility index (Phi) is 4.69. The minimum absolute atomic E-state index is 0. The van der Waals surface area contributed by atoms with Crippen molar-refractivity contribution in [2.75, 3.05) is 0 Å². The Labute approximate surface area is 91.8 Å². The van der Waals surface area contributed by atoms with E-state index in [1.807, 2.05) is 0 Å². The van der Waals surface area contributed by atoms with Gasteiger partial charge in [0, 0.05) is 0 Å². The first-order valence-corrected chi connectivity index (χ1v) is 2.59. The molecule has 10 heavy (non-hydrogen) atoms. The van der Waals surface area contributed by atoms with Crippen molar-refractivity contribution in [2.45, 2.75) is 0 Å². The second-order valence-electron chi connectivity index (χ2n) is 1.67. The normalized spacial score (nSPS) is 8.00. The molecule has 1 N–H and O–H groups in total. The Bertz CT molecular complexity index is 216. The monoisotopic (exact) mass is 164 g/mol. The van der Waals surface area contributed by atoms with Gasteiger partial charge in [-0.15, -0.1) is 0 Å². The summed E-state index contributed by atoms with van der Waals surface area (Å²) in [5.41, 5.74) is 0.331. The minimum Gasteiger partial charge on any atom is -1.00 e. The van der Waals surface area contributed by atoms with Gasteiger partial charge >= 0.3 is 43.7 Å². The molecule has 0 radical (unpaired) electrons. The second kappa shape index (κ2) is 4.72. The zero-order valence-electron chi connectivity index (χ0n) is 7.45. The summed E-state index contributed by atoms with van der Waals surface area (Å²) in [5.74, 6) is -0.879. The first kappa shape index (κ1) is 9.95. The fourth-order valence-electron chi connectivity index (χ4n) is 0.581. The average molecular weight is 164 g/mol. The summed E-state index contributed by atoms with van der Waals surface area (Å²) in [6.07, 6.45) is 0. The van der Waals surface area contributed by atoms with Crippen LogP contribution in [0.5, 0.6) is 0 Å². The van der Waals surface area contributed by atoms with E-state index < -0.39 is 5.97 Å². The van der Waals surface area contributed by atoms with Crippen LogP contribution in [0.2, 0.25) is 0 Å². The Morgan fingerprint density at radius 2 is 1.80 bits per heavy atom. The molecule has 0 aliphatic heterocycles. The van der Waals surface area contributed by atoms with Gasteiger partial charge in [0.15, 0.2) is 0 Å². The zero-order valence-corrected chi connectivity index (χ0v) is 7.66. The van der Waals surface area contributed by atoms with Crippen molar-refractivity contribution in [3.8, 4) is 0 Å². The van der Waals surface area contributed by atoms with Gasteiger partial charge in [-0.3, -0.25) is 0 Å². The van der Waals surface area contributed by atoms with Gasteiger partial charge in [-0.25, -0.2) is 4.79 Å². The van der Waals surface area contributed by atoms with Crippen molar-refractivity contribution in [1.29, 1.82) is 0 Å². The molecule has 3 heteroatoms. The number of carbonyl (C=O) groups is 1. The molecular weight excluding hydrogens is 156 g/mol. The summed E-state index contributed by atoms with van der Waals surface area (Å²) in [6.45, 7) is 0. The first-order valence-electron chi connectivity index (χ1n) is 2.59. The number of carboxylic acids is 1. The molecular formula is C7H8CaO2. The van der Waals surface area contributed by atoms with Crippen molar-refractivity contribution in [2.24, 2.45) is 0 Å². The van der Waals surface area contributed by atoms with Crippen LogP contribution in [0.4, 0.5) is 0 Å². The van der Waals surface area contributed by atoms with Gasteiger partial charge in [-0.2, -0.15) is 0 Å². The van der Waals surface area contributed by atoms with E-state index in [1.165, 1.54) is 0 Å². The SMILES string of the molecule is O=C(O)c1ccccc1.[Ca+2].[H-].[H-]. The van der Waals surface area contributed by atoms with E-state index in [2.05, 4.69) is 0 Å². The number of carboxylic acid groups (broad SMARTS) is 1. The predicted molar refractivity (Wildman–Crippen MR) is 41.4 cm³/mol. The maximum Gasteiger partial charge on any atom is 2.00 e. The fraction of sp³-hybridized carbons (Fsp3) is 0. The number of rotatable bonds is 1. The summed E-state index contributed by atoms with van der Waals surface area (Å²) in [6, 6.07) is 8.30. The molecule has 1 aromatic rings. The third-order valence-electron chi connectivity index (χ3n) is 1.02. The molecule has 0 saturated carbocycles. The van der Waals surface area contributed by atoms with Gasteiger partial charge in [0.1, 0.15) is 0 Å². The minimum atomic E-state index is -0.879. The molecule has 0 aliphatic rings. The molecule has 0 aliphatic carbocycles. The molecule has 0 unspecified atom stereocenters. The Morgan fingerprint density at radius 1 is 1.30 bits per heavy atom. The number of benzene rings is 1. The van der Waals surface area contributed by atoms with E-state index in [1.54, 1.807) is 30.3 Å². The molecule has 0 saturated heterocycles. The molecule has 0 aromatic heterocycles. The van der Waals surface area contributed by atoms with Crippen LogP contribution >= 0.6 is 0 Å². The molecule has 50 valence electrons. The van der Waals surface area contributed by atoms with Crippen molar-refractivity contribution in [3.05, 3.63) is 35.9 Å². The molecule has 2 nitrogen and oxygen atoms in total. The average Bonchev–Trinajstić information content (AvgIpc) is 1.90. The van der Waals surface area contributed by atoms with Crippen LogP contribution in [-0.4, -0.2) is 48.8 Å². The Morgan fingerprint density at radius 3 is 2.10 bits per heavy atom. The van der Waals surface area contributed by atoms with Gasteiger partial charge < -0.3 is 7.96 Å². The fourth-order valence-corrected chi connectivity index (χ4v) is 0.581. The quantitative estimate of drug-likeness (QED) is 0.634. The van der Waals surface area contributed by atoms with E-state index >= 15 is 0 Å². The van der Waals surface area contributed by atoms with Gasteiger partial charge in [0.25, 0.3) is 0 Å². The molecule has 0 spiro atoms. The van der Waals surface area contributed by atoms with Crippen molar-refractivity contribution in [3.63, 3.8) is 0 Å². The first-order chi connectivity index (χ1) is 4.30. The smallest absolute Gasteiger partial charge is 1.00 e. The van der Waals surface area contributed by atoms with Crippen LogP contribution in [-0.2, 0) is 0 Å². The van der Waals surface area contributed by atoms with Gasteiger partial charge in [0.2, 0.25) is 0 Å². The molecule has 0 atom stereocenters. The van der Waals surface area contributed by atoms with Crippen LogP contribution in [0.1, 0.15) is 13.2 Å². The van der Waals surface area contributed by atoms with Gasteiger partial charge in [-0.1, -0.05) is 18.2 Å². The summed E-state index contributed by atoms with van der Waals surface area (Å²) in [5, 5.41) is 8.38. The predicted octanol–water partition coefficient (Wildman–Crippen LogP) is 1.23. The summed E-state index contributed by atoms with van der Waals surface area (Å²) in [7, 11) is 0. The van der Waals surface area contributed by atoms with Crippen molar-refractivity contribution < 1.29 is 12.8 Å². The van der Waals surface area contributed by atoms with Crippen LogP contribution in [0.15, 0.2) is 30.3 Å². The van der Waals surface area contributed by atoms with Crippen molar-refractivity contribution in [1.82, 2.24) is 0 Å². The Hall–Kier alpha value is -0.0503. The summed E-state index contributed by atoms with van der Waals surface area (Å²) >= 11 is 0. The number of hydrogen-bond donors (Lipinski definition) is 1. The number of hydrogen-bond acceptors (Lipinski definition) is 1. The standard InChI is InChI=1S/C7H6O2.Ca.2H/c8-7(9)6-4-2-1-3-5-6;;;/h1-5H,(H,8,9);;;/q;+2;2*-1. The van der Waals surface area contributed by atoms with E-state index in [4.69, 9.17) is 5.11 Å². The summed E-state index contributed by atoms with van der Waals surface area (Å²) in [4.78, 5) is 10.2. The molecule has 1 aromatic carbocycles. The van der Waals surface area contributed by atoms with Crippen LogP contribution in [0.25, 0.3) is 0 Å². The number of aromatic carboxylic acids is 1. The van der Waals surface area contributed by atoms with Crippen LogP contribution in [0, 0.1) is 0 Å². The maximum atomic E-state index is 10.2. The molecule has 0 bridgehead atoms. The van der Waals surface area contributed by atoms with Gasteiger partial charge in [-0.05, 0) is 12.1 Å². The van der Waals surface area contributed by atoms with E-state index in [0.717, 1.165) is 0 Å². The Balaban J connectivity index is -0.000000270. The van der Waals surface area contributed by atoms with E-state index in [-0.39, 0.29) is 40.6 Å². The molecule has 0 amide bonds. The molecule has 0 heterocycles. The third-order valence-corrected chi connectivity index (χ3v) is 1.02. The molecule has 0 fully saturated rings. The zero-order chi connectivity index (χ0) is 6.69. The maximum absolute atomic E-state index is 10.2. The second-order valence-corrected chi connectivity index (χ2v) is 1.67. The molecule has 1 rings (SSSR count).